The molecule has 1 atom stereocenters. The largest absolute Gasteiger partial charge is 0.335 e. The van der Waals surface area contributed by atoms with Crippen LogP contribution in [-0.2, 0) is 25.1 Å². The van der Waals surface area contributed by atoms with E-state index in [1.807, 2.05) is 29.3 Å². The summed E-state index contributed by atoms with van der Waals surface area (Å²) in [6.07, 6.45) is 7.11. The van der Waals surface area contributed by atoms with Crippen molar-refractivity contribution in [1.82, 2.24) is 15.0 Å². The molecule has 0 radical (unpaired) electrons. The van der Waals surface area contributed by atoms with E-state index in [-0.39, 0.29) is 6.04 Å². The predicted octanol–water partition coefficient (Wildman–Crippen LogP) is 2.89. The van der Waals surface area contributed by atoms with E-state index < -0.39 is 0 Å². The number of hydrogen-bond donors (Lipinski definition) is 2. The van der Waals surface area contributed by atoms with Crippen LogP contribution in [0.4, 0.5) is 0 Å². The van der Waals surface area contributed by atoms with Gasteiger partial charge in [0.15, 0.2) is 0 Å². The van der Waals surface area contributed by atoms with E-state index in [0.29, 0.717) is 0 Å². The Balaban J connectivity index is 1.78. The Morgan fingerprint density at radius 2 is 2.43 bits per heavy atom. The first kappa shape index (κ1) is 15.1. The Bertz CT molecular complexity index is 567. The van der Waals surface area contributed by atoms with Gasteiger partial charge in [0.2, 0.25) is 0 Å². The molecule has 3 heterocycles. The maximum Gasteiger partial charge on any atom is 0.110 e. The van der Waals surface area contributed by atoms with Crippen molar-refractivity contribution in [2.75, 3.05) is 5.75 Å². The lowest BCUT2D eigenvalue weighted by Crippen LogP contribution is -2.29. The van der Waals surface area contributed by atoms with E-state index in [1.165, 1.54) is 22.6 Å². The molecule has 3 N–H and O–H groups in total. The molecular weight excluding hydrogens is 300 g/mol. The highest BCUT2D eigenvalue weighted by Crippen LogP contribution is 2.35. The number of nitrogens with zero attached hydrogens (tertiary/aromatic N) is 2. The average molecular weight is 323 g/mol. The summed E-state index contributed by atoms with van der Waals surface area (Å²) >= 11 is 3.94. The lowest BCUT2D eigenvalue weighted by Gasteiger charge is -2.15. The summed E-state index contributed by atoms with van der Waals surface area (Å²) in [7, 11) is 0. The van der Waals surface area contributed by atoms with Crippen LogP contribution in [-0.4, -0.2) is 15.3 Å². The zero-order valence-electron chi connectivity index (χ0n) is 12.3. The zero-order valence-corrected chi connectivity index (χ0v) is 14.0. The van der Waals surface area contributed by atoms with Crippen LogP contribution in [0, 0.1) is 0 Å². The second-order valence-electron chi connectivity index (χ2n) is 5.36. The maximum atomic E-state index is 5.82. The summed E-state index contributed by atoms with van der Waals surface area (Å²) < 4.78 is 2.23. The lowest BCUT2D eigenvalue weighted by atomic mass is 10.1. The summed E-state index contributed by atoms with van der Waals surface area (Å²) in [4.78, 5) is 7.38. The topological polar surface area (TPSA) is 55.9 Å². The van der Waals surface area contributed by atoms with Crippen LogP contribution >= 0.6 is 23.1 Å². The van der Waals surface area contributed by atoms with Crippen LogP contribution < -0.4 is 11.3 Å². The number of nitrogens with one attached hydrogen (secondary N) is 1. The van der Waals surface area contributed by atoms with Gasteiger partial charge in [-0.2, -0.15) is 11.8 Å². The quantitative estimate of drug-likeness (QED) is 0.634. The summed E-state index contributed by atoms with van der Waals surface area (Å²) in [5.41, 5.74) is 4.49. The van der Waals surface area contributed by atoms with Crippen molar-refractivity contribution >= 4 is 23.1 Å². The third-order valence-corrected chi connectivity index (χ3v) is 6.20. The molecule has 0 amide bonds. The Hall–Kier alpha value is -0.820. The van der Waals surface area contributed by atoms with E-state index in [9.17, 15) is 0 Å². The number of imidazole rings is 1. The van der Waals surface area contributed by atoms with Crippen molar-refractivity contribution in [3.63, 3.8) is 0 Å². The number of hydrazine groups is 1. The van der Waals surface area contributed by atoms with Crippen molar-refractivity contribution in [1.29, 1.82) is 0 Å². The Labute approximate surface area is 134 Å². The molecule has 6 heteroatoms. The number of rotatable bonds is 6. The SMILES string of the molecule is CCCn1ccnc1CC(NN)c1cc2c(s1)CCSC2. The van der Waals surface area contributed by atoms with Crippen LogP contribution in [0.1, 0.15) is 40.5 Å². The standard InChI is InChI=1S/C15H22N4S2/c1-2-5-19-6-4-17-15(19)9-12(18-16)14-8-11-10-20-7-3-13(11)21-14/h4,6,8,12,18H,2-3,5,7,9-10,16H2,1H3. The molecule has 1 aliphatic heterocycles. The number of thiophene rings is 1. The van der Waals surface area contributed by atoms with Gasteiger partial charge >= 0.3 is 0 Å². The number of thioether (sulfide) groups is 1. The van der Waals surface area contributed by atoms with Gasteiger partial charge in [0, 0.05) is 40.9 Å². The fourth-order valence-electron chi connectivity index (χ4n) is 2.74. The highest BCUT2D eigenvalue weighted by molar-refractivity contribution is 7.98. The number of aryl methyl sites for hydroxylation is 2. The van der Waals surface area contributed by atoms with Gasteiger partial charge in [-0.25, -0.2) is 4.98 Å². The molecule has 0 spiro atoms. The van der Waals surface area contributed by atoms with Crippen LogP contribution in [0.3, 0.4) is 0 Å². The maximum absolute atomic E-state index is 5.82. The minimum atomic E-state index is 0.156. The number of hydrogen-bond acceptors (Lipinski definition) is 5. The smallest absolute Gasteiger partial charge is 0.110 e. The third-order valence-electron chi connectivity index (χ3n) is 3.84. The molecule has 3 rings (SSSR count). The number of nitrogens with two attached hydrogens (primary N) is 1. The second-order valence-corrected chi connectivity index (χ2v) is 7.63. The number of fused-ring (bicyclic) bond motifs is 1. The normalized spacial score (nSPS) is 15.9. The van der Waals surface area contributed by atoms with Crippen molar-refractivity contribution in [2.24, 2.45) is 5.84 Å². The second kappa shape index (κ2) is 6.96. The molecule has 2 aromatic rings. The van der Waals surface area contributed by atoms with Gasteiger partial charge in [-0.15, -0.1) is 11.3 Å². The molecule has 0 saturated carbocycles. The van der Waals surface area contributed by atoms with E-state index in [4.69, 9.17) is 5.84 Å². The zero-order chi connectivity index (χ0) is 14.7. The van der Waals surface area contributed by atoms with E-state index >= 15 is 0 Å². The molecule has 1 unspecified atom stereocenters. The monoisotopic (exact) mass is 322 g/mol. The Morgan fingerprint density at radius 1 is 1.52 bits per heavy atom. The van der Waals surface area contributed by atoms with Gasteiger partial charge in [0.25, 0.3) is 0 Å². The van der Waals surface area contributed by atoms with Gasteiger partial charge in [-0.3, -0.25) is 11.3 Å². The molecule has 1 aliphatic rings. The van der Waals surface area contributed by atoms with Crippen LogP contribution in [0.2, 0.25) is 0 Å². The summed E-state index contributed by atoms with van der Waals surface area (Å²) in [5.74, 6) is 9.32. The minimum Gasteiger partial charge on any atom is -0.335 e. The van der Waals surface area contributed by atoms with Crippen molar-refractivity contribution in [3.8, 4) is 0 Å². The van der Waals surface area contributed by atoms with Crippen LogP contribution in [0.5, 0.6) is 0 Å². The highest BCUT2D eigenvalue weighted by Gasteiger charge is 2.20. The first-order valence-electron chi connectivity index (χ1n) is 7.47. The molecule has 0 saturated heterocycles. The molecule has 4 nitrogen and oxygen atoms in total. The van der Waals surface area contributed by atoms with Gasteiger partial charge in [-0.05, 0) is 30.2 Å². The molecule has 0 aliphatic carbocycles. The lowest BCUT2D eigenvalue weighted by molar-refractivity contribution is 0.523. The Kier molecular flexibility index (Phi) is 5.00. The Morgan fingerprint density at radius 3 is 3.19 bits per heavy atom. The van der Waals surface area contributed by atoms with E-state index in [0.717, 1.165) is 31.0 Å². The molecule has 0 bridgehead atoms. The minimum absolute atomic E-state index is 0.156. The fraction of sp³-hybridized carbons (Fsp3) is 0.533. The molecule has 21 heavy (non-hydrogen) atoms. The fourth-order valence-corrected chi connectivity index (χ4v) is 5.18. The van der Waals surface area contributed by atoms with Gasteiger partial charge in [-0.1, -0.05) is 6.92 Å². The van der Waals surface area contributed by atoms with E-state index in [2.05, 4.69) is 34.2 Å². The van der Waals surface area contributed by atoms with Crippen molar-refractivity contribution < 1.29 is 0 Å². The van der Waals surface area contributed by atoms with Gasteiger partial charge in [0.05, 0.1) is 6.04 Å². The summed E-state index contributed by atoms with van der Waals surface area (Å²) in [5, 5.41) is 0. The first-order valence-corrected chi connectivity index (χ1v) is 9.44. The van der Waals surface area contributed by atoms with Crippen molar-refractivity contribution in [3.05, 3.63) is 39.6 Å². The average Bonchev–Trinajstić information content (AvgIpc) is 3.11. The van der Waals surface area contributed by atoms with Crippen LogP contribution in [0.25, 0.3) is 0 Å². The molecular formula is C15H22N4S2. The van der Waals surface area contributed by atoms with E-state index in [1.54, 1.807) is 4.88 Å². The third kappa shape index (κ3) is 3.34. The summed E-state index contributed by atoms with van der Waals surface area (Å²) in [6, 6.07) is 2.49. The molecule has 0 fully saturated rings. The first-order chi connectivity index (χ1) is 10.3. The molecule has 114 valence electrons. The predicted molar refractivity (Wildman–Crippen MR) is 90.5 cm³/mol. The highest BCUT2D eigenvalue weighted by atomic mass is 32.2. The number of aromatic nitrogens is 2. The van der Waals surface area contributed by atoms with Gasteiger partial charge < -0.3 is 4.57 Å². The van der Waals surface area contributed by atoms with Crippen LogP contribution in [0.15, 0.2) is 18.5 Å². The molecule has 0 aromatic carbocycles. The van der Waals surface area contributed by atoms with Gasteiger partial charge in [0.1, 0.15) is 5.82 Å². The van der Waals surface area contributed by atoms with Crippen molar-refractivity contribution in [2.45, 2.75) is 44.5 Å². The summed E-state index contributed by atoms with van der Waals surface area (Å²) in [6.45, 7) is 3.21. The molecule has 2 aromatic heterocycles.